The summed E-state index contributed by atoms with van der Waals surface area (Å²) in [5.41, 5.74) is 1.82. The fraction of sp³-hybridized carbons (Fsp3) is 1.00. The van der Waals surface area contributed by atoms with Crippen LogP contribution in [0.4, 0.5) is 0 Å². The van der Waals surface area contributed by atoms with Crippen molar-refractivity contribution in [1.29, 1.82) is 0 Å². The van der Waals surface area contributed by atoms with Crippen molar-refractivity contribution in [3.05, 3.63) is 0 Å². The van der Waals surface area contributed by atoms with Gasteiger partial charge in [0.25, 0.3) is 0 Å². The van der Waals surface area contributed by atoms with Gasteiger partial charge in [0.05, 0.1) is 0 Å². The van der Waals surface area contributed by atoms with Crippen LogP contribution in [-0.4, -0.2) is 0 Å². The lowest BCUT2D eigenvalue weighted by atomic mass is 9.63. The van der Waals surface area contributed by atoms with Crippen LogP contribution in [0.15, 0.2) is 0 Å². The summed E-state index contributed by atoms with van der Waals surface area (Å²) in [5, 5.41) is 0. The van der Waals surface area contributed by atoms with Crippen molar-refractivity contribution in [2.24, 2.45) is 16.7 Å². The van der Waals surface area contributed by atoms with Crippen LogP contribution in [0.5, 0.6) is 0 Å². The smallest absolute Gasteiger partial charge is 0.0207 e. The highest BCUT2D eigenvalue weighted by atomic mass is 14.8. The van der Waals surface area contributed by atoms with Crippen molar-refractivity contribution in [1.82, 2.24) is 0 Å². The molecule has 3 fully saturated rings. The van der Waals surface area contributed by atoms with E-state index in [-0.39, 0.29) is 0 Å². The van der Waals surface area contributed by atoms with Gasteiger partial charge in [-0.05, 0) is 48.9 Å². The monoisotopic (exact) mass is 178 g/mol. The Morgan fingerprint density at radius 2 is 1.92 bits per heavy atom. The van der Waals surface area contributed by atoms with Gasteiger partial charge in [0.1, 0.15) is 0 Å². The Hall–Kier alpha value is 0. The van der Waals surface area contributed by atoms with E-state index in [1.807, 2.05) is 0 Å². The third-order valence-corrected chi connectivity index (χ3v) is 5.50. The first-order valence-corrected chi connectivity index (χ1v) is 6.33. The molecule has 3 rings (SSSR count). The zero-order valence-corrected chi connectivity index (χ0v) is 8.94. The Morgan fingerprint density at radius 1 is 1.15 bits per heavy atom. The van der Waals surface area contributed by atoms with E-state index in [2.05, 4.69) is 6.92 Å². The van der Waals surface area contributed by atoms with Crippen molar-refractivity contribution in [2.75, 3.05) is 0 Å². The third-order valence-electron chi connectivity index (χ3n) is 5.50. The molecule has 2 unspecified atom stereocenters. The van der Waals surface area contributed by atoms with Gasteiger partial charge in [-0.3, -0.25) is 0 Å². The minimum atomic E-state index is 0.908. The molecule has 0 nitrogen and oxygen atoms in total. The van der Waals surface area contributed by atoms with Gasteiger partial charge in [-0.2, -0.15) is 0 Å². The highest BCUT2D eigenvalue weighted by Gasteiger charge is 2.72. The maximum atomic E-state index is 2.36. The molecule has 74 valence electrons. The van der Waals surface area contributed by atoms with Crippen LogP contribution in [-0.2, 0) is 0 Å². The van der Waals surface area contributed by atoms with Gasteiger partial charge in [0, 0.05) is 0 Å². The van der Waals surface area contributed by atoms with E-state index >= 15 is 0 Å². The lowest BCUT2D eigenvalue weighted by Crippen LogP contribution is -2.32. The Balaban J connectivity index is 1.72. The van der Waals surface area contributed by atoms with Gasteiger partial charge in [0.15, 0.2) is 0 Å². The molecule has 0 heteroatoms. The van der Waals surface area contributed by atoms with Gasteiger partial charge in [-0.15, -0.1) is 0 Å². The van der Waals surface area contributed by atoms with Crippen molar-refractivity contribution in [3.63, 3.8) is 0 Å². The van der Waals surface area contributed by atoms with Gasteiger partial charge in [0.2, 0.25) is 0 Å². The largest absolute Gasteiger partial charge is 0.0654 e. The summed E-state index contributed by atoms with van der Waals surface area (Å²) >= 11 is 0. The number of fused-ring (bicyclic) bond motifs is 1. The van der Waals surface area contributed by atoms with Gasteiger partial charge in [-0.1, -0.05) is 32.6 Å². The van der Waals surface area contributed by atoms with Gasteiger partial charge >= 0.3 is 0 Å². The van der Waals surface area contributed by atoms with Crippen LogP contribution in [0, 0.1) is 16.7 Å². The highest BCUT2D eigenvalue weighted by molar-refractivity contribution is 5.22. The molecule has 13 heavy (non-hydrogen) atoms. The molecule has 0 saturated heterocycles. The molecular weight excluding hydrogens is 156 g/mol. The average Bonchev–Trinajstić information content (AvgIpc) is 2.54. The SMILES string of the molecule is CCCC1CCC12CC21CCCC1. The van der Waals surface area contributed by atoms with Crippen LogP contribution in [0.2, 0.25) is 0 Å². The van der Waals surface area contributed by atoms with Crippen LogP contribution in [0.25, 0.3) is 0 Å². The van der Waals surface area contributed by atoms with E-state index in [0.29, 0.717) is 0 Å². The van der Waals surface area contributed by atoms with E-state index in [0.717, 1.165) is 16.7 Å². The van der Waals surface area contributed by atoms with Gasteiger partial charge in [-0.25, -0.2) is 0 Å². The lowest BCUT2D eigenvalue weighted by molar-refractivity contribution is 0.0846. The molecule has 2 atom stereocenters. The summed E-state index contributed by atoms with van der Waals surface area (Å²) in [6.07, 6.45) is 14.0. The molecule has 3 aliphatic rings. The first-order valence-electron chi connectivity index (χ1n) is 6.33. The molecule has 3 saturated carbocycles. The quantitative estimate of drug-likeness (QED) is 0.596. The molecule has 0 aromatic carbocycles. The fourth-order valence-corrected chi connectivity index (χ4v) is 4.68. The summed E-state index contributed by atoms with van der Waals surface area (Å²) in [4.78, 5) is 0. The molecule has 0 N–H and O–H groups in total. The number of rotatable bonds is 2. The summed E-state index contributed by atoms with van der Waals surface area (Å²) in [6, 6.07) is 0. The van der Waals surface area contributed by atoms with Crippen LogP contribution >= 0.6 is 0 Å². The predicted molar refractivity (Wildman–Crippen MR) is 55.6 cm³/mol. The summed E-state index contributed by atoms with van der Waals surface area (Å²) in [7, 11) is 0. The highest BCUT2D eigenvalue weighted by Crippen LogP contribution is 2.81. The van der Waals surface area contributed by atoms with Crippen molar-refractivity contribution in [2.45, 2.75) is 64.7 Å². The molecule has 0 aromatic heterocycles. The Labute approximate surface area is 82.1 Å². The number of hydrogen-bond donors (Lipinski definition) is 0. The Bertz CT molecular complexity index is 212. The third kappa shape index (κ3) is 0.877. The van der Waals surface area contributed by atoms with Crippen molar-refractivity contribution in [3.8, 4) is 0 Å². The molecule has 3 aliphatic carbocycles. The normalized spacial score (nSPS) is 45.5. The topological polar surface area (TPSA) is 0 Å². The van der Waals surface area contributed by atoms with E-state index < -0.39 is 0 Å². The summed E-state index contributed by atoms with van der Waals surface area (Å²) < 4.78 is 0. The first-order chi connectivity index (χ1) is 6.33. The van der Waals surface area contributed by atoms with Crippen molar-refractivity contribution < 1.29 is 0 Å². The molecule has 0 aromatic rings. The van der Waals surface area contributed by atoms with Crippen molar-refractivity contribution >= 4 is 0 Å². The minimum absolute atomic E-state index is 0.908. The summed E-state index contributed by atoms with van der Waals surface area (Å²) in [6.45, 7) is 2.36. The standard InChI is InChI=1S/C13H22/c1-2-5-11-6-9-13(11)10-12(13)7-3-4-8-12/h11H,2-10H2,1H3. The van der Waals surface area contributed by atoms with Crippen LogP contribution < -0.4 is 0 Å². The minimum Gasteiger partial charge on any atom is -0.0654 e. The lowest BCUT2D eigenvalue weighted by Gasteiger charge is -2.41. The molecule has 0 aliphatic heterocycles. The second-order valence-electron chi connectivity index (χ2n) is 5.84. The molecule has 0 amide bonds. The van der Waals surface area contributed by atoms with E-state index in [1.165, 1.54) is 12.8 Å². The Morgan fingerprint density at radius 3 is 2.46 bits per heavy atom. The fourth-order valence-electron chi connectivity index (χ4n) is 4.68. The van der Waals surface area contributed by atoms with E-state index in [9.17, 15) is 0 Å². The maximum Gasteiger partial charge on any atom is -0.0207 e. The predicted octanol–water partition coefficient (Wildman–Crippen LogP) is 4.15. The van der Waals surface area contributed by atoms with E-state index in [1.54, 1.807) is 44.9 Å². The molecule has 0 radical (unpaired) electrons. The molecule has 0 bridgehead atoms. The number of hydrogen-bond acceptors (Lipinski definition) is 0. The second-order valence-corrected chi connectivity index (χ2v) is 5.84. The molecule has 2 spiro atoms. The first kappa shape index (κ1) is 8.32. The summed E-state index contributed by atoms with van der Waals surface area (Å²) in [5.74, 6) is 1.15. The maximum absolute atomic E-state index is 2.36. The Kier molecular flexibility index (Phi) is 1.61. The zero-order valence-electron chi connectivity index (χ0n) is 8.94. The average molecular weight is 178 g/mol. The zero-order chi connectivity index (χ0) is 8.94. The second kappa shape index (κ2) is 2.52. The van der Waals surface area contributed by atoms with E-state index in [4.69, 9.17) is 0 Å². The van der Waals surface area contributed by atoms with Crippen LogP contribution in [0.1, 0.15) is 64.7 Å². The molecule has 0 heterocycles. The molecular formula is C13H22. The van der Waals surface area contributed by atoms with Gasteiger partial charge < -0.3 is 0 Å². The van der Waals surface area contributed by atoms with Crippen LogP contribution in [0.3, 0.4) is 0 Å².